The van der Waals surface area contributed by atoms with Crippen LogP contribution >= 0.6 is 0 Å². The van der Waals surface area contributed by atoms with E-state index >= 15 is 0 Å². The molecule has 1 aromatic heterocycles. The van der Waals surface area contributed by atoms with Gasteiger partial charge in [0, 0.05) is 39.3 Å². The summed E-state index contributed by atoms with van der Waals surface area (Å²) in [5.74, 6) is 0.834. The zero-order valence-electron chi connectivity index (χ0n) is 20.6. The fraction of sp³-hybridized carbons (Fsp3) is 0.625. The van der Waals surface area contributed by atoms with Crippen molar-refractivity contribution in [3.63, 3.8) is 0 Å². The van der Waals surface area contributed by atoms with Crippen molar-refractivity contribution in [3.8, 4) is 5.69 Å². The zero-order valence-corrected chi connectivity index (χ0v) is 21.5. The number of aryl methyl sites for hydroxylation is 1. The van der Waals surface area contributed by atoms with Gasteiger partial charge in [-0.2, -0.15) is 17.0 Å². The van der Waals surface area contributed by atoms with E-state index < -0.39 is 10.2 Å². The number of rotatable bonds is 6. The van der Waals surface area contributed by atoms with Gasteiger partial charge in [-0.15, -0.1) is 5.10 Å². The Balaban J connectivity index is 1.44. The van der Waals surface area contributed by atoms with E-state index in [-0.39, 0.29) is 30.9 Å². The maximum atomic E-state index is 13.2. The van der Waals surface area contributed by atoms with Gasteiger partial charge in [0.05, 0.1) is 5.69 Å². The minimum atomic E-state index is -3.53. The van der Waals surface area contributed by atoms with Crippen LogP contribution in [0.2, 0.25) is 0 Å². The van der Waals surface area contributed by atoms with Crippen LogP contribution in [0.3, 0.4) is 0 Å². The van der Waals surface area contributed by atoms with Gasteiger partial charge >= 0.3 is 0 Å². The number of carbonyl (C=O) groups excluding carboxylic acids is 1. The molecule has 0 unspecified atom stereocenters. The van der Waals surface area contributed by atoms with Crippen LogP contribution in [0.5, 0.6) is 0 Å². The molecule has 2 heterocycles. The summed E-state index contributed by atoms with van der Waals surface area (Å²) in [6.45, 7) is 7.29. The van der Waals surface area contributed by atoms with Gasteiger partial charge in [-0.05, 0) is 37.3 Å². The summed E-state index contributed by atoms with van der Waals surface area (Å²) < 4.78 is 31.1. The summed E-state index contributed by atoms with van der Waals surface area (Å²) in [5, 5.41) is 4.53. The third-order valence-corrected chi connectivity index (χ3v) is 9.10. The molecule has 4 rings (SSSR count). The minimum Gasteiger partial charge on any atom is -0.333 e. The lowest BCUT2D eigenvalue weighted by atomic mass is 9.96. The summed E-state index contributed by atoms with van der Waals surface area (Å²) in [6, 6.07) is 8.07. The predicted molar refractivity (Wildman–Crippen MR) is 131 cm³/mol. The number of nitrogens with zero attached hydrogens (tertiary/aromatic N) is 6. The second-order valence-electron chi connectivity index (χ2n) is 9.62. The van der Waals surface area contributed by atoms with E-state index in [9.17, 15) is 13.2 Å². The Hall–Kier alpha value is -2.30. The lowest BCUT2D eigenvalue weighted by Gasteiger charge is -2.38. The number of piperazine rings is 1. The second kappa shape index (κ2) is 10.1. The van der Waals surface area contributed by atoms with Crippen molar-refractivity contribution >= 4 is 16.1 Å². The summed E-state index contributed by atoms with van der Waals surface area (Å²) >= 11 is 0. The molecule has 9 nitrogen and oxygen atoms in total. The first-order valence-electron chi connectivity index (χ1n) is 12.3. The van der Waals surface area contributed by atoms with E-state index in [0.29, 0.717) is 24.8 Å². The van der Waals surface area contributed by atoms with Crippen LogP contribution < -0.4 is 0 Å². The van der Waals surface area contributed by atoms with E-state index in [0.717, 1.165) is 36.9 Å². The maximum absolute atomic E-state index is 13.2. The van der Waals surface area contributed by atoms with Crippen LogP contribution in [0.15, 0.2) is 24.3 Å². The zero-order chi connectivity index (χ0) is 24.5. The van der Waals surface area contributed by atoms with Crippen molar-refractivity contribution in [1.82, 2.24) is 28.3 Å². The van der Waals surface area contributed by atoms with Crippen molar-refractivity contribution in [1.29, 1.82) is 0 Å². The SMILES string of the molecule is Cc1nc(C(=O)N2CCN(S(=O)(=O)N(C)C3CCCCC3)CC2)nn1-c1ccccc1C(C)C. The van der Waals surface area contributed by atoms with Crippen LogP contribution in [0.4, 0.5) is 0 Å². The summed E-state index contributed by atoms with van der Waals surface area (Å²) in [6.07, 6.45) is 5.17. The lowest BCUT2D eigenvalue weighted by molar-refractivity contribution is 0.0680. The Labute approximate surface area is 202 Å². The summed E-state index contributed by atoms with van der Waals surface area (Å²) in [4.78, 5) is 19.3. The molecule has 1 saturated carbocycles. The Kier molecular flexibility index (Phi) is 7.39. The Morgan fingerprint density at radius 1 is 1.06 bits per heavy atom. The monoisotopic (exact) mass is 488 g/mol. The van der Waals surface area contributed by atoms with Crippen molar-refractivity contribution < 1.29 is 13.2 Å². The molecule has 34 heavy (non-hydrogen) atoms. The number of para-hydroxylation sites is 1. The van der Waals surface area contributed by atoms with E-state index in [4.69, 9.17) is 0 Å². The second-order valence-corrected chi connectivity index (χ2v) is 11.6. The molecule has 0 N–H and O–H groups in total. The Morgan fingerprint density at radius 3 is 2.35 bits per heavy atom. The summed E-state index contributed by atoms with van der Waals surface area (Å²) in [7, 11) is -1.84. The molecule has 1 aromatic carbocycles. The van der Waals surface area contributed by atoms with E-state index in [1.165, 1.54) is 10.7 Å². The van der Waals surface area contributed by atoms with Gasteiger partial charge in [0.1, 0.15) is 5.82 Å². The van der Waals surface area contributed by atoms with Crippen LogP contribution in [-0.2, 0) is 10.2 Å². The first kappa shape index (κ1) is 24.8. The van der Waals surface area contributed by atoms with Gasteiger partial charge in [0.2, 0.25) is 5.82 Å². The highest BCUT2D eigenvalue weighted by atomic mass is 32.2. The predicted octanol–water partition coefficient (Wildman–Crippen LogP) is 2.97. The first-order valence-corrected chi connectivity index (χ1v) is 13.6. The highest BCUT2D eigenvalue weighted by molar-refractivity contribution is 7.86. The number of amides is 1. The normalized spacial score (nSPS) is 18.7. The first-order chi connectivity index (χ1) is 16.2. The van der Waals surface area contributed by atoms with Crippen molar-refractivity contribution in [2.75, 3.05) is 33.2 Å². The number of benzene rings is 1. The number of aromatic nitrogens is 3. The molecule has 0 atom stereocenters. The molecular formula is C24H36N6O3S. The van der Waals surface area contributed by atoms with Crippen LogP contribution in [-0.4, -0.2) is 81.9 Å². The average molecular weight is 489 g/mol. The molecule has 2 aliphatic rings. The van der Waals surface area contributed by atoms with E-state index in [1.54, 1.807) is 20.9 Å². The molecule has 1 amide bonds. The molecule has 2 fully saturated rings. The topological polar surface area (TPSA) is 91.6 Å². The van der Waals surface area contributed by atoms with Crippen LogP contribution in [0.1, 0.15) is 73.9 Å². The van der Waals surface area contributed by atoms with Gasteiger partial charge in [0.25, 0.3) is 16.1 Å². The largest absolute Gasteiger partial charge is 0.333 e. The highest BCUT2D eigenvalue weighted by Gasteiger charge is 2.36. The van der Waals surface area contributed by atoms with Crippen molar-refractivity contribution in [3.05, 3.63) is 41.5 Å². The average Bonchev–Trinajstić information content (AvgIpc) is 3.25. The molecule has 0 bridgehead atoms. The van der Waals surface area contributed by atoms with Crippen LogP contribution in [0, 0.1) is 6.92 Å². The molecule has 1 saturated heterocycles. The van der Waals surface area contributed by atoms with Crippen molar-refractivity contribution in [2.45, 2.75) is 64.8 Å². The molecule has 186 valence electrons. The molecule has 10 heteroatoms. The standard InChI is InChI=1S/C24H36N6O3S/c1-18(2)21-12-8-9-13-22(21)30-19(3)25-23(26-30)24(31)28-14-16-29(17-15-28)34(32,33)27(4)20-10-6-5-7-11-20/h8-9,12-13,18,20H,5-7,10-11,14-17H2,1-4H3. The molecule has 1 aliphatic heterocycles. The molecule has 0 spiro atoms. The smallest absolute Gasteiger partial charge is 0.293 e. The maximum Gasteiger partial charge on any atom is 0.293 e. The van der Waals surface area contributed by atoms with Gasteiger partial charge < -0.3 is 4.90 Å². The van der Waals surface area contributed by atoms with Gasteiger partial charge in [-0.3, -0.25) is 4.79 Å². The minimum absolute atomic E-state index is 0.0725. The van der Waals surface area contributed by atoms with E-state index in [1.807, 2.05) is 25.1 Å². The molecule has 0 radical (unpaired) electrons. The number of hydrogen-bond acceptors (Lipinski definition) is 5. The van der Waals surface area contributed by atoms with E-state index in [2.05, 4.69) is 30.0 Å². The lowest BCUT2D eigenvalue weighted by Crippen LogP contribution is -2.55. The Morgan fingerprint density at radius 2 is 1.71 bits per heavy atom. The van der Waals surface area contributed by atoms with Crippen LogP contribution in [0.25, 0.3) is 5.69 Å². The van der Waals surface area contributed by atoms with Crippen molar-refractivity contribution in [2.24, 2.45) is 0 Å². The fourth-order valence-electron chi connectivity index (χ4n) is 4.96. The summed E-state index contributed by atoms with van der Waals surface area (Å²) in [5.41, 5.74) is 2.05. The molecule has 1 aliphatic carbocycles. The highest BCUT2D eigenvalue weighted by Crippen LogP contribution is 2.26. The number of carbonyl (C=O) groups is 1. The quantitative estimate of drug-likeness (QED) is 0.623. The number of hydrogen-bond donors (Lipinski definition) is 0. The van der Waals surface area contributed by atoms with Gasteiger partial charge in [0.15, 0.2) is 0 Å². The third-order valence-electron chi connectivity index (χ3n) is 7.05. The molecule has 2 aromatic rings. The molecular weight excluding hydrogens is 452 g/mol. The van der Waals surface area contributed by atoms with Gasteiger partial charge in [-0.25, -0.2) is 9.67 Å². The fourth-order valence-corrected chi connectivity index (χ4v) is 6.53. The van der Waals surface area contributed by atoms with Gasteiger partial charge in [-0.1, -0.05) is 51.3 Å². The Bertz CT molecular complexity index is 1120. The third kappa shape index (κ3) is 4.89.